The van der Waals surface area contributed by atoms with Gasteiger partial charge < -0.3 is 5.73 Å². The molecule has 0 radical (unpaired) electrons. The van der Waals surface area contributed by atoms with Crippen molar-refractivity contribution in [1.29, 1.82) is 0 Å². The SMILES string of the molecule is Cc1cc(-c2sccc2C)nc(CCC(C)N)n1. The minimum Gasteiger partial charge on any atom is -0.328 e. The lowest BCUT2D eigenvalue weighted by Crippen LogP contribution is -2.16. The van der Waals surface area contributed by atoms with Gasteiger partial charge in [-0.1, -0.05) is 0 Å². The summed E-state index contributed by atoms with van der Waals surface area (Å²) in [6.07, 6.45) is 1.77. The molecule has 0 aliphatic carbocycles. The Bertz CT molecular complexity index is 532. The van der Waals surface area contributed by atoms with Gasteiger partial charge in [-0.3, -0.25) is 0 Å². The average molecular weight is 261 g/mol. The van der Waals surface area contributed by atoms with Crippen molar-refractivity contribution in [3.63, 3.8) is 0 Å². The number of rotatable bonds is 4. The Morgan fingerprint density at radius 3 is 2.72 bits per heavy atom. The van der Waals surface area contributed by atoms with Crippen molar-refractivity contribution < 1.29 is 0 Å². The van der Waals surface area contributed by atoms with Crippen LogP contribution in [0.2, 0.25) is 0 Å². The second kappa shape index (κ2) is 5.59. The van der Waals surface area contributed by atoms with Crippen LogP contribution in [0.1, 0.15) is 30.4 Å². The van der Waals surface area contributed by atoms with Crippen molar-refractivity contribution >= 4 is 11.3 Å². The molecule has 0 saturated carbocycles. The van der Waals surface area contributed by atoms with Crippen molar-refractivity contribution in [1.82, 2.24) is 9.97 Å². The number of aryl methyl sites for hydroxylation is 3. The number of aromatic nitrogens is 2. The fraction of sp³-hybridized carbons (Fsp3) is 0.429. The quantitative estimate of drug-likeness (QED) is 0.920. The largest absolute Gasteiger partial charge is 0.328 e. The molecule has 2 aromatic heterocycles. The van der Waals surface area contributed by atoms with Gasteiger partial charge in [-0.2, -0.15) is 0 Å². The summed E-state index contributed by atoms with van der Waals surface area (Å²) in [4.78, 5) is 10.4. The van der Waals surface area contributed by atoms with E-state index < -0.39 is 0 Å². The van der Waals surface area contributed by atoms with Crippen LogP contribution in [0.4, 0.5) is 0 Å². The average Bonchev–Trinajstić information content (AvgIpc) is 2.72. The minimum absolute atomic E-state index is 0.195. The van der Waals surface area contributed by atoms with E-state index in [1.54, 1.807) is 11.3 Å². The Hall–Kier alpha value is -1.26. The first-order chi connectivity index (χ1) is 8.56. The van der Waals surface area contributed by atoms with Crippen LogP contribution < -0.4 is 5.73 Å². The van der Waals surface area contributed by atoms with Gasteiger partial charge in [0.15, 0.2) is 0 Å². The number of nitrogens with zero attached hydrogens (tertiary/aromatic N) is 2. The highest BCUT2D eigenvalue weighted by Crippen LogP contribution is 2.27. The molecule has 0 bridgehead atoms. The molecule has 1 atom stereocenters. The van der Waals surface area contributed by atoms with Crippen LogP contribution in [0, 0.1) is 13.8 Å². The lowest BCUT2D eigenvalue weighted by molar-refractivity contribution is 0.647. The topological polar surface area (TPSA) is 51.8 Å². The second-order valence-electron chi connectivity index (χ2n) is 4.76. The van der Waals surface area contributed by atoms with Crippen molar-refractivity contribution in [2.24, 2.45) is 5.73 Å². The predicted octanol–water partition coefficient (Wildman–Crippen LogP) is 3.10. The van der Waals surface area contributed by atoms with E-state index in [0.717, 1.165) is 30.1 Å². The van der Waals surface area contributed by atoms with E-state index in [-0.39, 0.29) is 6.04 Å². The summed E-state index contributed by atoms with van der Waals surface area (Å²) in [5, 5.41) is 2.10. The first kappa shape index (κ1) is 13.2. The molecule has 0 aromatic carbocycles. The van der Waals surface area contributed by atoms with Crippen LogP contribution in [0.3, 0.4) is 0 Å². The molecule has 18 heavy (non-hydrogen) atoms. The Labute approximate surface area is 112 Å². The number of nitrogens with two attached hydrogens (primary N) is 1. The van der Waals surface area contributed by atoms with E-state index in [0.29, 0.717) is 0 Å². The fourth-order valence-electron chi connectivity index (χ4n) is 1.85. The maximum absolute atomic E-state index is 5.78. The predicted molar refractivity (Wildman–Crippen MR) is 76.8 cm³/mol. The lowest BCUT2D eigenvalue weighted by Gasteiger charge is -2.07. The Morgan fingerprint density at radius 2 is 2.11 bits per heavy atom. The standard InChI is InChI=1S/C14H19N3S/c1-9-6-7-18-14(9)12-8-11(3)16-13(17-12)5-4-10(2)15/h6-8,10H,4-5,15H2,1-3H3. The molecule has 0 saturated heterocycles. The summed E-state index contributed by atoms with van der Waals surface area (Å²) in [7, 11) is 0. The van der Waals surface area contributed by atoms with E-state index >= 15 is 0 Å². The number of hydrogen-bond donors (Lipinski definition) is 1. The van der Waals surface area contributed by atoms with Crippen LogP contribution in [0.25, 0.3) is 10.6 Å². The molecule has 0 spiro atoms. The van der Waals surface area contributed by atoms with E-state index in [2.05, 4.69) is 28.3 Å². The van der Waals surface area contributed by atoms with Crippen molar-refractivity contribution in [3.8, 4) is 10.6 Å². The molecule has 2 heterocycles. The van der Waals surface area contributed by atoms with Gasteiger partial charge in [0.2, 0.25) is 0 Å². The Morgan fingerprint density at radius 1 is 1.33 bits per heavy atom. The van der Waals surface area contributed by atoms with Gasteiger partial charge >= 0.3 is 0 Å². The van der Waals surface area contributed by atoms with Gasteiger partial charge in [-0.25, -0.2) is 9.97 Å². The zero-order valence-electron chi connectivity index (χ0n) is 11.1. The van der Waals surface area contributed by atoms with Crippen molar-refractivity contribution in [2.45, 2.75) is 39.7 Å². The molecule has 0 amide bonds. The van der Waals surface area contributed by atoms with E-state index in [1.165, 1.54) is 10.4 Å². The Kier molecular flexibility index (Phi) is 4.09. The van der Waals surface area contributed by atoms with E-state index in [1.807, 2.05) is 19.9 Å². The second-order valence-corrected chi connectivity index (χ2v) is 5.68. The maximum Gasteiger partial charge on any atom is 0.129 e. The number of hydrogen-bond acceptors (Lipinski definition) is 4. The molecule has 0 aliphatic rings. The third-order valence-corrected chi connectivity index (χ3v) is 3.86. The molecule has 1 unspecified atom stereocenters. The highest BCUT2D eigenvalue weighted by Gasteiger charge is 2.08. The molecule has 4 heteroatoms. The van der Waals surface area contributed by atoms with Crippen molar-refractivity contribution in [3.05, 3.63) is 34.6 Å². The van der Waals surface area contributed by atoms with Crippen LogP contribution >= 0.6 is 11.3 Å². The first-order valence-corrected chi connectivity index (χ1v) is 7.09. The van der Waals surface area contributed by atoms with Gasteiger partial charge in [0, 0.05) is 18.2 Å². The van der Waals surface area contributed by atoms with Crippen LogP contribution in [0.15, 0.2) is 17.5 Å². The summed E-state index contributed by atoms with van der Waals surface area (Å²) < 4.78 is 0. The minimum atomic E-state index is 0.195. The first-order valence-electron chi connectivity index (χ1n) is 6.21. The third-order valence-electron chi connectivity index (χ3n) is 2.82. The molecule has 2 aromatic rings. The van der Waals surface area contributed by atoms with Gasteiger partial charge in [0.25, 0.3) is 0 Å². The summed E-state index contributed by atoms with van der Waals surface area (Å²) in [5.41, 5.74) is 9.11. The van der Waals surface area contributed by atoms with Gasteiger partial charge in [0.1, 0.15) is 5.82 Å². The monoisotopic (exact) mass is 261 g/mol. The molecular weight excluding hydrogens is 242 g/mol. The lowest BCUT2D eigenvalue weighted by atomic mass is 10.1. The maximum atomic E-state index is 5.78. The zero-order valence-corrected chi connectivity index (χ0v) is 11.9. The summed E-state index contributed by atoms with van der Waals surface area (Å²) in [6, 6.07) is 4.37. The van der Waals surface area contributed by atoms with Crippen LogP contribution in [0.5, 0.6) is 0 Å². The van der Waals surface area contributed by atoms with Gasteiger partial charge in [-0.15, -0.1) is 11.3 Å². The molecule has 2 N–H and O–H groups in total. The zero-order chi connectivity index (χ0) is 13.1. The molecule has 2 rings (SSSR count). The van der Waals surface area contributed by atoms with Crippen LogP contribution in [-0.2, 0) is 6.42 Å². The summed E-state index contributed by atoms with van der Waals surface area (Å²) >= 11 is 1.73. The summed E-state index contributed by atoms with van der Waals surface area (Å²) in [5.74, 6) is 0.898. The summed E-state index contributed by atoms with van der Waals surface area (Å²) in [6.45, 7) is 6.15. The van der Waals surface area contributed by atoms with Gasteiger partial charge in [0.05, 0.1) is 10.6 Å². The van der Waals surface area contributed by atoms with Crippen LogP contribution in [-0.4, -0.2) is 16.0 Å². The Balaban J connectivity index is 2.29. The number of thiophene rings is 1. The van der Waals surface area contributed by atoms with E-state index in [4.69, 9.17) is 5.73 Å². The highest BCUT2D eigenvalue weighted by atomic mass is 32.1. The van der Waals surface area contributed by atoms with E-state index in [9.17, 15) is 0 Å². The molecular formula is C14H19N3S. The fourth-order valence-corrected chi connectivity index (χ4v) is 2.74. The molecule has 0 fully saturated rings. The highest BCUT2D eigenvalue weighted by molar-refractivity contribution is 7.13. The smallest absolute Gasteiger partial charge is 0.129 e. The molecule has 3 nitrogen and oxygen atoms in total. The normalized spacial score (nSPS) is 12.7. The molecule has 0 aliphatic heterocycles. The van der Waals surface area contributed by atoms with Crippen molar-refractivity contribution in [2.75, 3.05) is 0 Å². The molecule has 96 valence electrons. The third kappa shape index (κ3) is 3.15. The van der Waals surface area contributed by atoms with Gasteiger partial charge in [-0.05, 0) is 50.3 Å².